The monoisotopic (exact) mass is 264 g/mol. The lowest BCUT2D eigenvalue weighted by molar-refractivity contribution is 0.411. The van der Waals surface area contributed by atoms with Crippen LogP contribution in [0.2, 0.25) is 0 Å². The molecule has 0 spiro atoms. The zero-order chi connectivity index (χ0) is 12.7. The van der Waals surface area contributed by atoms with Gasteiger partial charge in [0.05, 0.1) is 12.5 Å². The van der Waals surface area contributed by atoms with Crippen molar-refractivity contribution in [3.05, 3.63) is 29.3 Å². The predicted octanol–water partition coefficient (Wildman–Crippen LogP) is 4.72. The van der Waals surface area contributed by atoms with Crippen LogP contribution in [0, 0.1) is 24.7 Å². The smallest absolute Gasteiger partial charge is 0.121 e. The maximum atomic E-state index is 6.71. The number of hydrogen-bond acceptors (Lipinski definition) is 1. The minimum Gasteiger partial charge on any atom is -0.496 e. The van der Waals surface area contributed by atoms with Gasteiger partial charge in [-0.25, -0.2) is 0 Å². The average Bonchev–Trinajstić information content (AvgIpc) is 3.12. The van der Waals surface area contributed by atoms with Gasteiger partial charge in [0.25, 0.3) is 0 Å². The molecule has 2 fully saturated rings. The number of benzene rings is 1. The van der Waals surface area contributed by atoms with E-state index < -0.39 is 0 Å². The third-order valence-corrected chi connectivity index (χ3v) is 5.34. The van der Waals surface area contributed by atoms with E-state index in [1.807, 2.05) is 6.07 Å². The second-order valence-corrected chi connectivity index (χ2v) is 6.29. The fourth-order valence-electron chi connectivity index (χ4n) is 3.78. The summed E-state index contributed by atoms with van der Waals surface area (Å²) in [5.74, 6) is 3.49. The van der Waals surface area contributed by atoms with Gasteiger partial charge in [-0.1, -0.05) is 25.0 Å². The van der Waals surface area contributed by atoms with Crippen molar-refractivity contribution < 1.29 is 4.74 Å². The largest absolute Gasteiger partial charge is 0.496 e. The zero-order valence-electron chi connectivity index (χ0n) is 11.2. The first-order chi connectivity index (χ1) is 8.72. The third-order valence-electron chi connectivity index (χ3n) is 4.80. The Labute approximate surface area is 114 Å². The van der Waals surface area contributed by atoms with E-state index in [1.54, 1.807) is 7.11 Å². The molecular weight excluding hydrogens is 244 g/mol. The number of aryl methyl sites for hydroxylation is 1. The molecule has 3 atom stereocenters. The van der Waals surface area contributed by atoms with E-state index in [0.717, 1.165) is 23.5 Å². The summed E-state index contributed by atoms with van der Waals surface area (Å²) in [7, 11) is 1.72. The van der Waals surface area contributed by atoms with Gasteiger partial charge in [0, 0.05) is 0 Å². The van der Waals surface area contributed by atoms with Gasteiger partial charge in [0.1, 0.15) is 5.75 Å². The molecule has 0 amide bonds. The molecule has 0 N–H and O–H groups in total. The lowest BCUT2D eigenvalue weighted by atomic mass is 10.0. The van der Waals surface area contributed by atoms with Crippen molar-refractivity contribution in [1.82, 2.24) is 0 Å². The van der Waals surface area contributed by atoms with Gasteiger partial charge < -0.3 is 4.74 Å². The van der Waals surface area contributed by atoms with Crippen LogP contribution in [0.1, 0.15) is 42.2 Å². The fourth-order valence-corrected chi connectivity index (χ4v) is 4.29. The first-order valence-electron chi connectivity index (χ1n) is 7.01. The first-order valence-corrected chi connectivity index (χ1v) is 7.44. The van der Waals surface area contributed by atoms with Crippen molar-refractivity contribution in [2.45, 2.75) is 38.0 Å². The molecule has 0 radical (unpaired) electrons. The van der Waals surface area contributed by atoms with Crippen LogP contribution in [0.5, 0.6) is 5.75 Å². The molecule has 18 heavy (non-hydrogen) atoms. The molecule has 0 aliphatic heterocycles. The van der Waals surface area contributed by atoms with E-state index in [4.69, 9.17) is 16.3 Å². The molecule has 2 saturated carbocycles. The molecular formula is C16H21ClO. The number of halogens is 1. The van der Waals surface area contributed by atoms with Crippen LogP contribution in [-0.4, -0.2) is 7.11 Å². The number of rotatable bonds is 3. The average molecular weight is 265 g/mol. The molecule has 98 valence electrons. The number of alkyl halides is 1. The Kier molecular flexibility index (Phi) is 3.27. The first kappa shape index (κ1) is 12.3. The quantitative estimate of drug-likeness (QED) is 0.718. The molecule has 1 aromatic rings. The predicted molar refractivity (Wildman–Crippen MR) is 75.3 cm³/mol. The Morgan fingerprint density at radius 1 is 1.22 bits per heavy atom. The molecule has 2 heteroatoms. The molecule has 3 rings (SSSR count). The van der Waals surface area contributed by atoms with Gasteiger partial charge >= 0.3 is 0 Å². The van der Waals surface area contributed by atoms with Crippen LogP contribution in [0.15, 0.2) is 18.2 Å². The van der Waals surface area contributed by atoms with Crippen LogP contribution < -0.4 is 4.74 Å². The third kappa shape index (κ3) is 2.03. The number of ether oxygens (including phenoxy) is 1. The van der Waals surface area contributed by atoms with Crippen LogP contribution in [0.3, 0.4) is 0 Å². The summed E-state index contributed by atoms with van der Waals surface area (Å²) in [6.07, 6.45) is 5.60. The van der Waals surface area contributed by atoms with Crippen LogP contribution in [0.4, 0.5) is 0 Å². The second-order valence-electron chi connectivity index (χ2n) is 5.82. The lowest BCUT2D eigenvalue weighted by Crippen LogP contribution is -1.97. The highest BCUT2D eigenvalue weighted by atomic mass is 35.5. The van der Waals surface area contributed by atoms with E-state index in [2.05, 4.69) is 19.1 Å². The maximum Gasteiger partial charge on any atom is 0.121 e. The zero-order valence-corrected chi connectivity index (χ0v) is 11.9. The van der Waals surface area contributed by atoms with Crippen molar-refractivity contribution in [2.75, 3.05) is 7.11 Å². The van der Waals surface area contributed by atoms with E-state index in [1.165, 1.54) is 36.8 Å². The summed E-state index contributed by atoms with van der Waals surface area (Å²) < 4.78 is 5.31. The normalized spacial score (nSPS) is 31.6. The van der Waals surface area contributed by atoms with Crippen molar-refractivity contribution in [2.24, 2.45) is 17.8 Å². The van der Waals surface area contributed by atoms with Gasteiger partial charge in [0.15, 0.2) is 0 Å². The minimum absolute atomic E-state index is 0.197. The number of hydrogen-bond donors (Lipinski definition) is 0. The Morgan fingerprint density at radius 3 is 2.44 bits per heavy atom. The topological polar surface area (TPSA) is 9.23 Å². The summed E-state index contributed by atoms with van der Waals surface area (Å²) in [6, 6.07) is 6.38. The van der Waals surface area contributed by atoms with Gasteiger partial charge in [-0.3, -0.25) is 0 Å². The molecule has 0 heterocycles. The lowest BCUT2D eigenvalue weighted by Gasteiger charge is -2.12. The molecule has 0 aromatic heterocycles. The highest BCUT2D eigenvalue weighted by Crippen LogP contribution is 2.62. The Morgan fingerprint density at radius 2 is 1.89 bits per heavy atom. The maximum absolute atomic E-state index is 6.71. The minimum atomic E-state index is 0.197. The van der Waals surface area contributed by atoms with Crippen LogP contribution in [0.25, 0.3) is 0 Å². The van der Waals surface area contributed by atoms with Crippen molar-refractivity contribution >= 4 is 11.6 Å². The summed E-state index contributed by atoms with van der Waals surface area (Å²) in [4.78, 5) is 0. The van der Waals surface area contributed by atoms with Crippen LogP contribution in [-0.2, 0) is 0 Å². The molecule has 0 bridgehead atoms. The highest BCUT2D eigenvalue weighted by molar-refractivity contribution is 6.21. The van der Waals surface area contributed by atoms with Crippen molar-refractivity contribution in [3.8, 4) is 5.75 Å². The summed E-state index contributed by atoms with van der Waals surface area (Å²) in [5, 5.41) is 0.197. The highest BCUT2D eigenvalue weighted by Gasteiger charge is 2.53. The van der Waals surface area contributed by atoms with Gasteiger partial charge in [-0.2, -0.15) is 0 Å². The van der Waals surface area contributed by atoms with Crippen molar-refractivity contribution in [1.29, 1.82) is 0 Å². The molecule has 1 nitrogen and oxygen atoms in total. The van der Waals surface area contributed by atoms with Gasteiger partial charge in [-0.05, 0) is 54.7 Å². The van der Waals surface area contributed by atoms with E-state index >= 15 is 0 Å². The summed E-state index contributed by atoms with van der Waals surface area (Å²) in [6.45, 7) is 2.09. The Bertz CT molecular complexity index is 431. The fraction of sp³-hybridized carbons (Fsp3) is 0.625. The molecule has 2 aliphatic rings. The summed E-state index contributed by atoms with van der Waals surface area (Å²) in [5.41, 5.74) is 2.46. The molecule has 1 aromatic carbocycles. The molecule has 2 aliphatic carbocycles. The van der Waals surface area contributed by atoms with Gasteiger partial charge in [-0.15, -0.1) is 11.6 Å². The number of methoxy groups -OCH3 is 1. The second kappa shape index (κ2) is 4.77. The SMILES string of the molecule is COc1ccc(C(Cl)C2C3CCCCC32)cc1C. The van der Waals surface area contributed by atoms with Gasteiger partial charge in [0.2, 0.25) is 0 Å². The summed E-state index contributed by atoms with van der Waals surface area (Å²) >= 11 is 6.71. The van der Waals surface area contributed by atoms with E-state index in [0.29, 0.717) is 0 Å². The molecule has 0 saturated heterocycles. The van der Waals surface area contributed by atoms with E-state index in [-0.39, 0.29) is 5.38 Å². The van der Waals surface area contributed by atoms with Crippen molar-refractivity contribution in [3.63, 3.8) is 0 Å². The Hall–Kier alpha value is -0.690. The standard InChI is InChI=1S/C16H21ClO/c1-10-9-11(7-8-14(10)18-2)16(17)15-12-5-3-4-6-13(12)15/h7-9,12-13,15-16H,3-6H2,1-2H3. The molecule has 3 unspecified atom stereocenters. The van der Waals surface area contributed by atoms with E-state index in [9.17, 15) is 0 Å². The van der Waals surface area contributed by atoms with Crippen LogP contribution >= 0.6 is 11.6 Å². The Balaban J connectivity index is 1.76. The number of fused-ring (bicyclic) bond motifs is 1.